The fraction of sp³-hybridized carbons (Fsp3) is 0.909. The summed E-state index contributed by atoms with van der Waals surface area (Å²) in [6.07, 6.45) is 0. The molecule has 1 fully saturated rings. The first-order valence-corrected chi connectivity index (χ1v) is 6.28. The van der Waals surface area contributed by atoms with Gasteiger partial charge >= 0.3 is 0 Å². The fourth-order valence-electron chi connectivity index (χ4n) is 1.79. The van der Waals surface area contributed by atoms with Crippen LogP contribution in [0.3, 0.4) is 0 Å². The number of hydrogen-bond donors (Lipinski definition) is 1. The number of morpholine rings is 1. The Balaban J connectivity index is 2.13. The van der Waals surface area contributed by atoms with Gasteiger partial charge in [0.25, 0.3) is 0 Å². The molecule has 0 amide bonds. The molecule has 0 saturated carbocycles. The summed E-state index contributed by atoms with van der Waals surface area (Å²) in [4.78, 5) is 5.34. The number of hydrogen-bond acceptors (Lipinski definition) is 4. The fourth-order valence-corrected chi connectivity index (χ4v) is 1.86. The largest absolute Gasteiger partial charge is 0.393 e. The van der Waals surface area contributed by atoms with E-state index < -0.39 is 0 Å². The minimum atomic E-state index is 0.296. The molecule has 0 aliphatic carbocycles. The van der Waals surface area contributed by atoms with E-state index in [1.54, 1.807) is 0 Å². The van der Waals surface area contributed by atoms with E-state index >= 15 is 0 Å². The summed E-state index contributed by atoms with van der Waals surface area (Å²) in [5, 5.41) is 0. The van der Waals surface area contributed by atoms with Gasteiger partial charge in [-0.05, 0) is 7.05 Å². The highest BCUT2D eigenvalue weighted by Crippen LogP contribution is 2.00. The maximum absolute atomic E-state index is 5.60. The van der Waals surface area contributed by atoms with Gasteiger partial charge in [-0.1, -0.05) is 19.1 Å². The Morgan fingerprint density at radius 2 is 2.12 bits per heavy atom. The number of ether oxygens (including phenoxy) is 1. The molecule has 1 saturated heterocycles. The van der Waals surface area contributed by atoms with Crippen molar-refractivity contribution in [2.45, 2.75) is 6.92 Å². The highest BCUT2D eigenvalue weighted by atomic mass is 32.1. The van der Waals surface area contributed by atoms with Crippen molar-refractivity contribution in [3.63, 3.8) is 0 Å². The molecular weight excluding hydrogens is 222 g/mol. The van der Waals surface area contributed by atoms with Crippen LogP contribution in [0.4, 0.5) is 0 Å². The normalized spacial score (nSPS) is 19.9. The molecule has 1 atom stereocenters. The number of nitrogens with two attached hydrogens (primary N) is 1. The monoisotopic (exact) mass is 245 g/mol. The zero-order chi connectivity index (χ0) is 12.0. The molecule has 0 radical (unpaired) electrons. The van der Waals surface area contributed by atoms with Crippen molar-refractivity contribution in [1.29, 1.82) is 0 Å². The smallest absolute Gasteiger partial charge is 0.0768 e. The summed E-state index contributed by atoms with van der Waals surface area (Å²) in [6, 6.07) is 0. The van der Waals surface area contributed by atoms with Gasteiger partial charge in [-0.2, -0.15) is 0 Å². The Labute approximate surface area is 104 Å². The number of likely N-dealkylation sites (N-methyl/N-ethyl adjacent to an activating group) is 1. The van der Waals surface area contributed by atoms with Crippen molar-refractivity contribution in [2.75, 3.05) is 53.0 Å². The van der Waals surface area contributed by atoms with Gasteiger partial charge in [0.05, 0.1) is 18.2 Å². The van der Waals surface area contributed by atoms with E-state index in [1.165, 1.54) is 0 Å². The van der Waals surface area contributed by atoms with Gasteiger partial charge in [-0.15, -0.1) is 0 Å². The van der Waals surface area contributed by atoms with E-state index in [-0.39, 0.29) is 0 Å². The standard InChI is InChI=1S/C11H23N3OS/c1-10(11(12)16)9-13(2)3-4-14-5-7-15-8-6-14/h10H,3-9H2,1-2H3,(H2,12,16). The van der Waals surface area contributed by atoms with Crippen LogP contribution < -0.4 is 5.73 Å². The Bertz CT molecular complexity index is 219. The van der Waals surface area contributed by atoms with E-state index in [1.807, 2.05) is 0 Å². The van der Waals surface area contributed by atoms with Crippen LogP contribution in [0.15, 0.2) is 0 Å². The number of rotatable bonds is 6. The van der Waals surface area contributed by atoms with Crippen molar-refractivity contribution in [2.24, 2.45) is 11.7 Å². The molecule has 1 unspecified atom stereocenters. The highest BCUT2D eigenvalue weighted by Gasteiger charge is 2.12. The van der Waals surface area contributed by atoms with Crippen molar-refractivity contribution in [3.05, 3.63) is 0 Å². The average Bonchev–Trinajstić information content (AvgIpc) is 2.27. The lowest BCUT2D eigenvalue weighted by molar-refractivity contribution is 0.0343. The molecule has 1 aliphatic heterocycles. The molecule has 0 aromatic carbocycles. The molecule has 0 spiro atoms. The Morgan fingerprint density at radius 1 is 1.50 bits per heavy atom. The molecule has 2 N–H and O–H groups in total. The summed E-state index contributed by atoms with van der Waals surface area (Å²) in [7, 11) is 2.12. The number of nitrogens with zero attached hydrogens (tertiary/aromatic N) is 2. The zero-order valence-electron chi connectivity index (χ0n) is 10.3. The number of thiocarbonyl (C=S) groups is 1. The first kappa shape index (κ1) is 13.8. The second-order valence-electron chi connectivity index (χ2n) is 4.52. The summed E-state index contributed by atoms with van der Waals surface area (Å²) >= 11 is 4.97. The molecule has 4 nitrogen and oxygen atoms in total. The quantitative estimate of drug-likeness (QED) is 0.676. The Morgan fingerprint density at radius 3 is 2.69 bits per heavy atom. The molecule has 16 heavy (non-hydrogen) atoms. The molecule has 0 bridgehead atoms. The first-order chi connectivity index (χ1) is 7.59. The highest BCUT2D eigenvalue weighted by molar-refractivity contribution is 7.80. The molecule has 0 aromatic rings. The molecule has 0 aromatic heterocycles. The zero-order valence-corrected chi connectivity index (χ0v) is 11.1. The lowest BCUT2D eigenvalue weighted by Gasteiger charge is -2.29. The molecule has 5 heteroatoms. The topological polar surface area (TPSA) is 41.7 Å². The molecule has 1 rings (SSSR count). The maximum Gasteiger partial charge on any atom is 0.0768 e. The average molecular weight is 245 g/mol. The van der Waals surface area contributed by atoms with Crippen LogP contribution in [-0.4, -0.2) is 67.8 Å². The Kier molecular flexibility index (Phi) is 6.20. The van der Waals surface area contributed by atoms with Crippen LogP contribution in [0.5, 0.6) is 0 Å². The maximum atomic E-state index is 5.60. The summed E-state index contributed by atoms with van der Waals surface area (Å²) in [6.45, 7) is 9.03. The Hall–Kier alpha value is -0.230. The van der Waals surface area contributed by atoms with Gasteiger partial charge in [0, 0.05) is 38.6 Å². The predicted octanol–water partition coefficient (Wildman–Crippen LogP) is 0.173. The van der Waals surface area contributed by atoms with Gasteiger partial charge < -0.3 is 15.4 Å². The second kappa shape index (κ2) is 7.17. The minimum absolute atomic E-state index is 0.296. The molecular formula is C11H23N3OS. The van der Waals surface area contributed by atoms with Crippen LogP contribution in [0, 0.1) is 5.92 Å². The third-order valence-electron chi connectivity index (χ3n) is 2.97. The molecule has 1 heterocycles. The van der Waals surface area contributed by atoms with Gasteiger partial charge in [-0.25, -0.2) is 0 Å². The van der Waals surface area contributed by atoms with Crippen molar-refractivity contribution >= 4 is 17.2 Å². The second-order valence-corrected chi connectivity index (χ2v) is 4.99. The van der Waals surface area contributed by atoms with Crippen LogP contribution in [0.1, 0.15) is 6.92 Å². The predicted molar refractivity (Wildman–Crippen MR) is 70.7 cm³/mol. The third-order valence-corrected chi connectivity index (χ3v) is 3.38. The van der Waals surface area contributed by atoms with E-state index in [2.05, 4.69) is 23.8 Å². The van der Waals surface area contributed by atoms with Crippen LogP contribution >= 0.6 is 12.2 Å². The van der Waals surface area contributed by atoms with Gasteiger partial charge in [0.15, 0.2) is 0 Å². The van der Waals surface area contributed by atoms with Gasteiger partial charge in [0.1, 0.15) is 0 Å². The van der Waals surface area contributed by atoms with Crippen LogP contribution in [0.2, 0.25) is 0 Å². The minimum Gasteiger partial charge on any atom is -0.393 e. The summed E-state index contributed by atoms with van der Waals surface area (Å²) in [5.74, 6) is 0.296. The summed E-state index contributed by atoms with van der Waals surface area (Å²) < 4.78 is 5.31. The van der Waals surface area contributed by atoms with E-state index in [0.29, 0.717) is 10.9 Å². The first-order valence-electron chi connectivity index (χ1n) is 5.87. The lowest BCUT2D eigenvalue weighted by Crippen LogP contribution is -2.42. The molecule has 1 aliphatic rings. The molecule has 94 valence electrons. The van der Waals surface area contributed by atoms with Crippen LogP contribution in [-0.2, 0) is 4.74 Å². The van der Waals surface area contributed by atoms with Gasteiger partial charge in [-0.3, -0.25) is 4.90 Å². The SMILES string of the molecule is CC(CN(C)CCN1CCOCC1)C(N)=S. The summed E-state index contributed by atoms with van der Waals surface area (Å²) in [5.41, 5.74) is 5.60. The van der Waals surface area contributed by atoms with Gasteiger partial charge in [0.2, 0.25) is 0 Å². The van der Waals surface area contributed by atoms with Crippen molar-refractivity contribution in [1.82, 2.24) is 9.80 Å². The van der Waals surface area contributed by atoms with E-state index in [4.69, 9.17) is 22.7 Å². The lowest BCUT2D eigenvalue weighted by atomic mass is 10.2. The van der Waals surface area contributed by atoms with Crippen LogP contribution in [0.25, 0.3) is 0 Å². The van der Waals surface area contributed by atoms with E-state index in [0.717, 1.165) is 45.9 Å². The third kappa shape index (κ3) is 5.21. The van der Waals surface area contributed by atoms with Crippen molar-refractivity contribution in [3.8, 4) is 0 Å². The van der Waals surface area contributed by atoms with E-state index in [9.17, 15) is 0 Å². The van der Waals surface area contributed by atoms with Crippen molar-refractivity contribution < 1.29 is 4.74 Å².